The quantitative estimate of drug-likeness (QED) is 0.885. The highest BCUT2D eigenvalue weighted by atomic mass is 79.9. The molecule has 0 amide bonds. The minimum absolute atomic E-state index is 0.201. The van der Waals surface area contributed by atoms with Crippen LogP contribution in [0.4, 0.5) is 5.69 Å². The van der Waals surface area contributed by atoms with E-state index in [0.29, 0.717) is 4.75 Å². The van der Waals surface area contributed by atoms with E-state index in [1.807, 2.05) is 0 Å². The Bertz CT molecular complexity index is 460. The van der Waals surface area contributed by atoms with Crippen molar-refractivity contribution in [3.8, 4) is 0 Å². The molecule has 2 nitrogen and oxygen atoms in total. The van der Waals surface area contributed by atoms with Gasteiger partial charge in [-0.1, -0.05) is 35.8 Å². The number of hydrogen-bond donors (Lipinski definition) is 1. The Kier molecular flexibility index (Phi) is 5.43. The van der Waals surface area contributed by atoms with E-state index in [4.69, 9.17) is 5.73 Å². The van der Waals surface area contributed by atoms with Crippen LogP contribution in [0.15, 0.2) is 22.7 Å². The molecule has 1 atom stereocenters. The van der Waals surface area contributed by atoms with E-state index in [1.54, 1.807) is 0 Å². The summed E-state index contributed by atoms with van der Waals surface area (Å²) in [6, 6.07) is 6.91. The van der Waals surface area contributed by atoms with E-state index in [2.05, 4.69) is 71.6 Å². The molecular formula is C16H25BrN2S. The standard InChI is InChI=1S/C16H25BrN2S/c1-12(18)10-13-4-5-14(11-15(13)17)19-7-6-16(2,3)20-9-8-19/h4-5,11-12H,6-10,18H2,1-3H3. The first kappa shape index (κ1) is 16.2. The number of rotatable bonds is 3. The third kappa shape index (κ3) is 4.40. The van der Waals surface area contributed by atoms with Gasteiger partial charge in [0.15, 0.2) is 0 Å². The van der Waals surface area contributed by atoms with Crippen molar-refractivity contribution in [3.63, 3.8) is 0 Å². The van der Waals surface area contributed by atoms with Crippen molar-refractivity contribution < 1.29 is 0 Å². The topological polar surface area (TPSA) is 29.3 Å². The average Bonchev–Trinajstić information content (AvgIpc) is 2.52. The molecule has 1 aliphatic rings. The molecule has 2 rings (SSSR count). The Morgan fingerprint density at radius 2 is 2.15 bits per heavy atom. The summed E-state index contributed by atoms with van der Waals surface area (Å²) in [4.78, 5) is 2.50. The highest BCUT2D eigenvalue weighted by molar-refractivity contribution is 9.10. The lowest BCUT2D eigenvalue weighted by atomic mass is 10.1. The van der Waals surface area contributed by atoms with Gasteiger partial charge in [-0.3, -0.25) is 0 Å². The van der Waals surface area contributed by atoms with E-state index in [0.717, 1.165) is 19.5 Å². The second-order valence-corrected chi connectivity index (χ2v) is 8.96. The van der Waals surface area contributed by atoms with E-state index < -0.39 is 0 Å². The SMILES string of the molecule is CC(N)Cc1ccc(N2CCSC(C)(C)CC2)cc1Br. The lowest BCUT2D eigenvalue weighted by Crippen LogP contribution is -2.27. The number of thioether (sulfide) groups is 1. The fraction of sp³-hybridized carbons (Fsp3) is 0.625. The summed E-state index contributed by atoms with van der Waals surface area (Å²) >= 11 is 5.78. The van der Waals surface area contributed by atoms with Gasteiger partial charge in [0.1, 0.15) is 0 Å². The Labute approximate surface area is 135 Å². The fourth-order valence-corrected chi connectivity index (χ4v) is 4.15. The van der Waals surface area contributed by atoms with Gasteiger partial charge in [-0.25, -0.2) is 0 Å². The molecule has 1 heterocycles. The van der Waals surface area contributed by atoms with Gasteiger partial charge in [0.25, 0.3) is 0 Å². The number of benzene rings is 1. The predicted octanol–water partition coefficient (Wildman–Crippen LogP) is 4.06. The molecular weight excluding hydrogens is 332 g/mol. The van der Waals surface area contributed by atoms with Crippen LogP contribution in [0.3, 0.4) is 0 Å². The van der Waals surface area contributed by atoms with Crippen molar-refractivity contribution in [3.05, 3.63) is 28.2 Å². The van der Waals surface area contributed by atoms with Gasteiger partial charge in [-0.05, 0) is 37.5 Å². The molecule has 4 heteroatoms. The van der Waals surface area contributed by atoms with E-state index in [9.17, 15) is 0 Å². The molecule has 1 saturated heterocycles. The molecule has 0 radical (unpaired) electrons. The molecule has 20 heavy (non-hydrogen) atoms. The number of halogens is 1. The second kappa shape index (κ2) is 6.71. The first-order valence-corrected chi connectivity index (χ1v) is 9.08. The monoisotopic (exact) mass is 356 g/mol. The van der Waals surface area contributed by atoms with Gasteiger partial charge < -0.3 is 10.6 Å². The van der Waals surface area contributed by atoms with Crippen LogP contribution in [0.25, 0.3) is 0 Å². The third-order valence-corrected chi connectivity index (χ3v) is 5.89. The average molecular weight is 357 g/mol. The molecule has 0 spiro atoms. The first-order chi connectivity index (χ1) is 9.37. The summed E-state index contributed by atoms with van der Waals surface area (Å²) in [6.45, 7) is 9.02. The lowest BCUT2D eigenvalue weighted by Gasteiger charge is -2.25. The lowest BCUT2D eigenvalue weighted by molar-refractivity contribution is 0.637. The predicted molar refractivity (Wildman–Crippen MR) is 94.9 cm³/mol. The number of hydrogen-bond acceptors (Lipinski definition) is 3. The van der Waals surface area contributed by atoms with Crippen LogP contribution in [0.5, 0.6) is 0 Å². The molecule has 0 saturated carbocycles. The van der Waals surface area contributed by atoms with Gasteiger partial charge in [0.2, 0.25) is 0 Å². The summed E-state index contributed by atoms with van der Waals surface area (Å²) in [5, 5.41) is 0. The largest absolute Gasteiger partial charge is 0.371 e. The third-order valence-electron chi connectivity index (χ3n) is 3.78. The van der Waals surface area contributed by atoms with Crippen molar-refractivity contribution in [2.24, 2.45) is 5.73 Å². The summed E-state index contributed by atoms with van der Waals surface area (Å²) in [6.07, 6.45) is 2.15. The van der Waals surface area contributed by atoms with Crippen molar-refractivity contribution >= 4 is 33.4 Å². The molecule has 1 unspecified atom stereocenters. The molecule has 1 aliphatic heterocycles. The van der Waals surface area contributed by atoms with Crippen molar-refractivity contribution in [2.45, 2.75) is 44.4 Å². The summed E-state index contributed by atoms with van der Waals surface area (Å²) in [5.74, 6) is 1.20. The van der Waals surface area contributed by atoms with Crippen LogP contribution in [0, 0.1) is 0 Å². The Morgan fingerprint density at radius 3 is 2.80 bits per heavy atom. The molecule has 0 aliphatic carbocycles. The summed E-state index contributed by atoms with van der Waals surface area (Å²) < 4.78 is 1.59. The molecule has 1 aromatic carbocycles. The maximum Gasteiger partial charge on any atom is 0.0377 e. The first-order valence-electron chi connectivity index (χ1n) is 7.30. The van der Waals surface area contributed by atoms with Gasteiger partial charge in [0, 0.05) is 39.8 Å². The Balaban J connectivity index is 2.11. The van der Waals surface area contributed by atoms with Crippen LogP contribution in [0.1, 0.15) is 32.8 Å². The number of nitrogens with zero attached hydrogens (tertiary/aromatic N) is 1. The zero-order valence-corrected chi connectivity index (χ0v) is 15.1. The van der Waals surface area contributed by atoms with Crippen molar-refractivity contribution in [2.75, 3.05) is 23.7 Å². The van der Waals surface area contributed by atoms with Crippen LogP contribution in [-0.4, -0.2) is 29.6 Å². The van der Waals surface area contributed by atoms with Crippen molar-refractivity contribution in [1.82, 2.24) is 0 Å². The second-order valence-electron chi connectivity index (χ2n) is 6.30. The smallest absolute Gasteiger partial charge is 0.0377 e. The number of anilines is 1. The number of nitrogens with two attached hydrogens (primary N) is 1. The zero-order chi connectivity index (χ0) is 14.8. The molecule has 0 bridgehead atoms. The van der Waals surface area contributed by atoms with Crippen LogP contribution < -0.4 is 10.6 Å². The highest BCUT2D eigenvalue weighted by Gasteiger charge is 2.23. The van der Waals surface area contributed by atoms with Crippen molar-refractivity contribution in [1.29, 1.82) is 0 Å². The maximum absolute atomic E-state index is 5.89. The zero-order valence-electron chi connectivity index (χ0n) is 12.7. The minimum Gasteiger partial charge on any atom is -0.371 e. The van der Waals surface area contributed by atoms with E-state index in [1.165, 1.54) is 27.9 Å². The maximum atomic E-state index is 5.89. The van der Waals surface area contributed by atoms with Crippen LogP contribution in [-0.2, 0) is 6.42 Å². The van der Waals surface area contributed by atoms with Gasteiger partial charge in [0.05, 0.1) is 0 Å². The Hall–Kier alpha value is -0.190. The molecule has 112 valence electrons. The fourth-order valence-electron chi connectivity index (χ4n) is 2.52. The highest BCUT2D eigenvalue weighted by Crippen LogP contribution is 2.33. The molecule has 0 aromatic heterocycles. The molecule has 1 fully saturated rings. The minimum atomic E-state index is 0.201. The summed E-state index contributed by atoms with van der Waals surface area (Å²) in [7, 11) is 0. The van der Waals surface area contributed by atoms with E-state index >= 15 is 0 Å². The van der Waals surface area contributed by atoms with Gasteiger partial charge in [-0.15, -0.1) is 0 Å². The van der Waals surface area contributed by atoms with Gasteiger partial charge in [-0.2, -0.15) is 11.8 Å². The normalized spacial score (nSPS) is 20.6. The van der Waals surface area contributed by atoms with Gasteiger partial charge >= 0.3 is 0 Å². The summed E-state index contributed by atoms with van der Waals surface area (Å²) in [5.41, 5.74) is 8.51. The van der Waals surface area contributed by atoms with Crippen LogP contribution in [0.2, 0.25) is 0 Å². The van der Waals surface area contributed by atoms with E-state index in [-0.39, 0.29) is 6.04 Å². The molecule has 1 aromatic rings. The Morgan fingerprint density at radius 1 is 1.40 bits per heavy atom. The van der Waals surface area contributed by atoms with Crippen LogP contribution >= 0.6 is 27.7 Å². The molecule has 2 N–H and O–H groups in total.